The maximum atomic E-state index is 10.6. The first-order valence-electron chi connectivity index (χ1n) is 7.90. The molecule has 1 heterocycles. The van der Waals surface area contributed by atoms with Crippen molar-refractivity contribution in [1.29, 1.82) is 0 Å². The highest BCUT2D eigenvalue weighted by Crippen LogP contribution is 2.50. The van der Waals surface area contributed by atoms with Crippen LogP contribution in [0.15, 0.2) is 30.4 Å². The molecule has 0 aromatic heterocycles. The molecule has 20 heavy (non-hydrogen) atoms. The largest absolute Gasteiger partial charge is 0.508 e. The first-order chi connectivity index (χ1) is 9.69. The van der Waals surface area contributed by atoms with E-state index in [1.807, 2.05) is 12.1 Å². The molecule has 1 aromatic carbocycles. The minimum atomic E-state index is 0.121. The van der Waals surface area contributed by atoms with Gasteiger partial charge in [0.15, 0.2) is 0 Å². The van der Waals surface area contributed by atoms with Gasteiger partial charge in [-0.2, -0.15) is 0 Å². The molecule has 0 amide bonds. The van der Waals surface area contributed by atoms with Crippen molar-refractivity contribution in [3.63, 3.8) is 0 Å². The molecule has 2 N–H and O–H groups in total. The van der Waals surface area contributed by atoms with Gasteiger partial charge in [-0.05, 0) is 50.8 Å². The van der Waals surface area contributed by atoms with Crippen molar-refractivity contribution < 1.29 is 5.11 Å². The van der Waals surface area contributed by atoms with Gasteiger partial charge in [-0.25, -0.2) is 0 Å². The normalized spacial score (nSPS) is 32.9. The molecule has 3 rings (SSSR count). The topological polar surface area (TPSA) is 32.3 Å². The number of phenolic OH excluding ortho intramolecular Hbond substituents is 1. The zero-order valence-electron chi connectivity index (χ0n) is 12.5. The minimum Gasteiger partial charge on any atom is -0.508 e. The van der Waals surface area contributed by atoms with Gasteiger partial charge in [0.1, 0.15) is 5.75 Å². The van der Waals surface area contributed by atoms with Gasteiger partial charge in [0, 0.05) is 22.9 Å². The molecule has 2 aliphatic rings. The van der Waals surface area contributed by atoms with Crippen LogP contribution in [0.1, 0.15) is 44.2 Å². The zero-order valence-corrected chi connectivity index (χ0v) is 12.5. The van der Waals surface area contributed by atoms with Crippen molar-refractivity contribution in [3.05, 3.63) is 41.5 Å². The molecule has 1 saturated heterocycles. The minimum absolute atomic E-state index is 0.121. The van der Waals surface area contributed by atoms with E-state index in [2.05, 4.69) is 37.4 Å². The summed E-state index contributed by atoms with van der Waals surface area (Å²) in [4.78, 5) is 0. The Morgan fingerprint density at radius 3 is 3.00 bits per heavy atom. The second-order valence-corrected chi connectivity index (χ2v) is 6.31. The van der Waals surface area contributed by atoms with Crippen LogP contribution in [-0.2, 0) is 11.8 Å². The summed E-state index contributed by atoms with van der Waals surface area (Å²) in [5.74, 6) is 0.988. The second-order valence-electron chi connectivity index (χ2n) is 6.31. The Labute approximate surface area is 121 Å². The van der Waals surface area contributed by atoms with Crippen LogP contribution in [0.25, 0.3) is 0 Å². The van der Waals surface area contributed by atoms with Gasteiger partial charge in [0.25, 0.3) is 0 Å². The van der Waals surface area contributed by atoms with E-state index in [0.717, 1.165) is 32.2 Å². The molecular formula is C18H25NO. The van der Waals surface area contributed by atoms with Crippen LogP contribution in [0.4, 0.5) is 0 Å². The van der Waals surface area contributed by atoms with Crippen molar-refractivity contribution in [3.8, 4) is 5.75 Å². The number of allylic oxidation sites excluding steroid dienone is 1. The quantitative estimate of drug-likeness (QED) is 0.806. The number of aryl methyl sites for hydroxylation is 1. The van der Waals surface area contributed by atoms with Gasteiger partial charge < -0.3 is 10.4 Å². The van der Waals surface area contributed by atoms with Crippen LogP contribution in [0.3, 0.4) is 0 Å². The molecule has 108 valence electrons. The van der Waals surface area contributed by atoms with E-state index >= 15 is 0 Å². The predicted molar refractivity (Wildman–Crippen MR) is 83.1 cm³/mol. The monoisotopic (exact) mass is 271 g/mol. The second kappa shape index (κ2) is 5.25. The lowest BCUT2D eigenvalue weighted by molar-refractivity contribution is 0.168. The van der Waals surface area contributed by atoms with Crippen LogP contribution in [0, 0.1) is 5.92 Å². The van der Waals surface area contributed by atoms with Gasteiger partial charge in [0.05, 0.1) is 0 Å². The average Bonchev–Trinajstić information content (AvgIpc) is 2.47. The Hall–Kier alpha value is -1.28. The van der Waals surface area contributed by atoms with E-state index < -0.39 is 0 Å². The predicted octanol–water partition coefficient (Wildman–Crippen LogP) is 3.54. The zero-order chi connectivity index (χ0) is 14.2. The molecule has 0 radical (unpaired) electrons. The third-order valence-electron chi connectivity index (χ3n) is 5.32. The third-order valence-corrected chi connectivity index (χ3v) is 5.32. The molecule has 0 spiro atoms. The Morgan fingerprint density at radius 2 is 2.20 bits per heavy atom. The third kappa shape index (κ3) is 1.98. The summed E-state index contributed by atoms with van der Waals surface area (Å²) in [5, 5.41) is 14.1. The van der Waals surface area contributed by atoms with Crippen molar-refractivity contribution in [2.24, 2.45) is 5.92 Å². The van der Waals surface area contributed by atoms with Crippen molar-refractivity contribution in [2.45, 2.75) is 51.0 Å². The Kier molecular flexibility index (Phi) is 3.59. The van der Waals surface area contributed by atoms with E-state index in [1.165, 1.54) is 11.1 Å². The van der Waals surface area contributed by atoms with Gasteiger partial charge in [-0.1, -0.05) is 31.2 Å². The molecule has 1 aliphatic heterocycles. The van der Waals surface area contributed by atoms with E-state index in [4.69, 9.17) is 0 Å². The maximum absolute atomic E-state index is 10.6. The van der Waals surface area contributed by atoms with Gasteiger partial charge in [-0.3, -0.25) is 0 Å². The summed E-state index contributed by atoms with van der Waals surface area (Å²) in [6.07, 6.45) is 9.09. The van der Waals surface area contributed by atoms with E-state index in [-0.39, 0.29) is 5.41 Å². The fourth-order valence-corrected chi connectivity index (χ4v) is 4.39. The van der Waals surface area contributed by atoms with Crippen LogP contribution in [0.2, 0.25) is 0 Å². The lowest BCUT2D eigenvalue weighted by Crippen LogP contribution is -2.53. The van der Waals surface area contributed by atoms with Crippen LogP contribution in [0.5, 0.6) is 5.75 Å². The van der Waals surface area contributed by atoms with Crippen LogP contribution in [-0.4, -0.2) is 17.7 Å². The summed E-state index contributed by atoms with van der Waals surface area (Å²) >= 11 is 0. The van der Waals surface area contributed by atoms with E-state index in [9.17, 15) is 5.11 Å². The molecule has 3 atom stereocenters. The fourth-order valence-electron chi connectivity index (χ4n) is 4.39. The van der Waals surface area contributed by atoms with Crippen molar-refractivity contribution in [2.75, 3.05) is 6.54 Å². The summed E-state index contributed by atoms with van der Waals surface area (Å²) in [5.41, 5.74) is 2.67. The number of piperidine rings is 1. The lowest BCUT2D eigenvalue weighted by Gasteiger charge is -2.50. The molecule has 3 unspecified atom stereocenters. The lowest BCUT2D eigenvalue weighted by atomic mass is 9.58. The average molecular weight is 271 g/mol. The molecule has 0 saturated carbocycles. The van der Waals surface area contributed by atoms with Crippen LogP contribution >= 0.6 is 0 Å². The summed E-state index contributed by atoms with van der Waals surface area (Å²) < 4.78 is 0. The van der Waals surface area contributed by atoms with Gasteiger partial charge in [-0.15, -0.1) is 0 Å². The molecule has 2 nitrogen and oxygen atoms in total. The smallest absolute Gasteiger partial charge is 0.119 e. The van der Waals surface area contributed by atoms with Crippen LogP contribution < -0.4 is 5.32 Å². The maximum Gasteiger partial charge on any atom is 0.119 e. The van der Waals surface area contributed by atoms with E-state index in [0.29, 0.717) is 17.7 Å². The summed E-state index contributed by atoms with van der Waals surface area (Å²) in [6, 6.07) is 6.51. The SMILES string of the molecule is CCc1cccc(O)c1C12CCC=CC1C(C)NCC2. The highest BCUT2D eigenvalue weighted by molar-refractivity contribution is 5.47. The number of hydrogen-bond acceptors (Lipinski definition) is 2. The van der Waals surface area contributed by atoms with Gasteiger partial charge in [0.2, 0.25) is 0 Å². The number of phenols is 1. The Morgan fingerprint density at radius 1 is 1.35 bits per heavy atom. The Balaban J connectivity index is 2.17. The standard InChI is InChI=1S/C18H25NO/c1-3-14-7-6-9-16(20)17(14)18-10-5-4-8-15(18)13(2)19-12-11-18/h4,6-9,13,15,19-20H,3,5,10-12H2,1-2H3. The first kappa shape index (κ1) is 13.7. The molecule has 1 fully saturated rings. The number of nitrogens with one attached hydrogen (secondary N) is 1. The number of fused-ring (bicyclic) bond motifs is 1. The van der Waals surface area contributed by atoms with E-state index in [1.54, 1.807) is 0 Å². The molecule has 1 aromatic rings. The highest BCUT2D eigenvalue weighted by Gasteiger charge is 2.46. The van der Waals surface area contributed by atoms with Crippen molar-refractivity contribution in [1.82, 2.24) is 5.32 Å². The molecule has 2 heteroatoms. The van der Waals surface area contributed by atoms with Crippen molar-refractivity contribution >= 4 is 0 Å². The summed E-state index contributed by atoms with van der Waals surface area (Å²) in [7, 11) is 0. The Bertz CT molecular complexity index is 522. The number of aromatic hydroxyl groups is 1. The fraction of sp³-hybridized carbons (Fsp3) is 0.556. The number of hydrogen-bond donors (Lipinski definition) is 2. The highest BCUT2D eigenvalue weighted by atomic mass is 16.3. The molecular weight excluding hydrogens is 246 g/mol. The first-order valence-corrected chi connectivity index (χ1v) is 7.90. The summed E-state index contributed by atoms with van der Waals surface area (Å²) in [6.45, 7) is 5.51. The number of rotatable bonds is 2. The van der Waals surface area contributed by atoms with Gasteiger partial charge >= 0.3 is 0 Å². The number of benzene rings is 1. The molecule has 0 bridgehead atoms. The molecule has 1 aliphatic carbocycles.